The molecule has 2 rings (SSSR count). The Morgan fingerprint density at radius 3 is 2.63 bits per heavy atom. The van der Waals surface area contributed by atoms with Crippen molar-refractivity contribution in [3.8, 4) is 0 Å². The van der Waals surface area contributed by atoms with Gasteiger partial charge in [0.1, 0.15) is 6.61 Å². The zero-order valence-corrected chi connectivity index (χ0v) is 11.0. The molecule has 1 aliphatic rings. The Bertz CT molecular complexity index is 492. The van der Waals surface area contributed by atoms with Gasteiger partial charge in [0.2, 0.25) is 0 Å². The number of anilines is 1. The first kappa shape index (κ1) is 13.5. The summed E-state index contributed by atoms with van der Waals surface area (Å²) in [4.78, 5) is 24.6. The molecule has 0 saturated carbocycles. The SMILES string of the molecule is Cc1cccc(C)c1N1C(=O)COCC1CC(=O)O. The van der Waals surface area contributed by atoms with E-state index in [1.54, 1.807) is 4.90 Å². The van der Waals surface area contributed by atoms with E-state index in [2.05, 4.69) is 0 Å². The van der Waals surface area contributed by atoms with Crippen molar-refractivity contribution in [3.05, 3.63) is 29.3 Å². The number of hydrogen-bond donors (Lipinski definition) is 1. The number of amides is 1. The average molecular weight is 263 g/mol. The fourth-order valence-electron chi connectivity index (χ4n) is 2.47. The molecule has 1 heterocycles. The maximum atomic E-state index is 12.1. The van der Waals surface area contributed by atoms with Gasteiger partial charge in [-0.1, -0.05) is 18.2 Å². The zero-order valence-electron chi connectivity index (χ0n) is 11.0. The van der Waals surface area contributed by atoms with E-state index in [0.717, 1.165) is 16.8 Å². The van der Waals surface area contributed by atoms with Gasteiger partial charge in [-0.15, -0.1) is 0 Å². The predicted octanol–water partition coefficient (Wildman–Crippen LogP) is 1.51. The number of carbonyl (C=O) groups is 2. The minimum absolute atomic E-state index is 0.00386. The number of benzene rings is 1. The summed E-state index contributed by atoms with van der Waals surface area (Å²) in [7, 11) is 0. The normalized spacial score (nSPS) is 19.6. The lowest BCUT2D eigenvalue weighted by molar-refractivity contribution is -0.138. The maximum Gasteiger partial charge on any atom is 0.305 e. The van der Waals surface area contributed by atoms with Crippen LogP contribution in [-0.4, -0.2) is 36.2 Å². The van der Waals surface area contributed by atoms with Crippen LogP contribution in [0.15, 0.2) is 18.2 Å². The number of nitrogens with zero attached hydrogens (tertiary/aromatic N) is 1. The molecule has 5 heteroatoms. The molecule has 1 unspecified atom stereocenters. The van der Waals surface area contributed by atoms with Crippen LogP contribution in [0.3, 0.4) is 0 Å². The Labute approximate surface area is 111 Å². The number of morpholine rings is 1. The molecule has 19 heavy (non-hydrogen) atoms. The summed E-state index contributed by atoms with van der Waals surface area (Å²) in [6.45, 7) is 4.10. The molecular formula is C14H17NO4. The van der Waals surface area contributed by atoms with Crippen molar-refractivity contribution >= 4 is 17.6 Å². The first-order valence-electron chi connectivity index (χ1n) is 6.18. The van der Waals surface area contributed by atoms with Crippen LogP contribution in [-0.2, 0) is 14.3 Å². The Morgan fingerprint density at radius 2 is 2.05 bits per heavy atom. The summed E-state index contributed by atoms with van der Waals surface area (Å²) >= 11 is 0. The molecule has 102 valence electrons. The van der Waals surface area contributed by atoms with Gasteiger partial charge in [0, 0.05) is 5.69 Å². The summed E-state index contributed by atoms with van der Waals surface area (Å²) in [5.74, 6) is -1.12. The highest BCUT2D eigenvalue weighted by molar-refractivity contribution is 5.97. The smallest absolute Gasteiger partial charge is 0.305 e. The van der Waals surface area contributed by atoms with Crippen LogP contribution in [0.4, 0.5) is 5.69 Å². The quantitative estimate of drug-likeness (QED) is 0.897. The van der Waals surface area contributed by atoms with Crippen molar-refractivity contribution in [3.63, 3.8) is 0 Å². The summed E-state index contributed by atoms with van der Waals surface area (Å²) in [5.41, 5.74) is 2.73. The van der Waals surface area contributed by atoms with E-state index >= 15 is 0 Å². The number of carboxylic acids is 1. The van der Waals surface area contributed by atoms with Gasteiger partial charge < -0.3 is 14.7 Å². The molecular weight excluding hydrogens is 246 g/mol. The van der Waals surface area contributed by atoms with E-state index < -0.39 is 12.0 Å². The molecule has 1 fully saturated rings. The van der Waals surface area contributed by atoms with Crippen molar-refractivity contribution in [2.24, 2.45) is 0 Å². The summed E-state index contributed by atoms with van der Waals surface area (Å²) < 4.78 is 5.17. The van der Waals surface area contributed by atoms with E-state index in [-0.39, 0.29) is 25.5 Å². The fourth-order valence-corrected chi connectivity index (χ4v) is 2.47. The van der Waals surface area contributed by atoms with Gasteiger partial charge >= 0.3 is 5.97 Å². The molecule has 1 N–H and O–H groups in total. The highest BCUT2D eigenvalue weighted by Gasteiger charge is 2.33. The number of para-hydroxylation sites is 1. The number of carbonyl (C=O) groups excluding carboxylic acids is 1. The monoisotopic (exact) mass is 263 g/mol. The highest BCUT2D eigenvalue weighted by atomic mass is 16.5. The minimum atomic E-state index is -0.931. The molecule has 1 atom stereocenters. The van der Waals surface area contributed by atoms with Crippen LogP contribution in [0, 0.1) is 13.8 Å². The summed E-state index contributed by atoms with van der Waals surface area (Å²) in [5, 5.41) is 8.96. The first-order valence-corrected chi connectivity index (χ1v) is 6.18. The third-order valence-electron chi connectivity index (χ3n) is 3.26. The predicted molar refractivity (Wildman–Crippen MR) is 70.3 cm³/mol. The lowest BCUT2D eigenvalue weighted by Gasteiger charge is -2.36. The number of ether oxygens (including phenoxy) is 1. The van der Waals surface area contributed by atoms with Crippen LogP contribution >= 0.6 is 0 Å². The van der Waals surface area contributed by atoms with E-state index in [4.69, 9.17) is 9.84 Å². The van der Waals surface area contributed by atoms with Crippen molar-refractivity contribution in [2.75, 3.05) is 18.1 Å². The van der Waals surface area contributed by atoms with Crippen molar-refractivity contribution in [1.82, 2.24) is 0 Å². The van der Waals surface area contributed by atoms with Crippen LogP contribution in [0.25, 0.3) is 0 Å². The molecule has 5 nitrogen and oxygen atoms in total. The third kappa shape index (κ3) is 2.76. The van der Waals surface area contributed by atoms with Crippen molar-refractivity contribution in [2.45, 2.75) is 26.3 Å². The van der Waals surface area contributed by atoms with Crippen molar-refractivity contribution in [1.29, 1.82) is 0 Å². The van der Waals surface area contributed by atoms with Gasteiger partial charge in [0.25, 0.3) is 5.91 Å². The van der Waals surface area contributed by atoms with Crippen LogP contribution in [0.2, 0.25) is 0 Å². The maximum absolute atomic E-state index is 12.1. The minimum Gasteiger partial charge on any atom is -0.481 e. The van der Waals surface area contributed by atoms with E-state index in [1.165, 1.54) is 0 Å². The largest absolute Gasteiger partial charge is 0.481 e. The van der Waals surface area contributed by atoms with Crippen molar-refractivity contribution < 1.29 is 19.4 Å². The molecule has 0 radical (unpaired) electrons. The van der Waals surface area contributed by atoms with E-state index in [1.807, 2.05) is 32.0 Å². The average Bonchev–Trinajstić information content (AvgIpc) is 2.31. The van der Waals surface area contributed by atoms with Gasteiger partial charge in [-0.2, -0.15) is 0 Å². The first-order chi connectivity index (χ1) is 9.00. The highest BCUT2D eigenvalue weighted by Crippen LogP contribution is 2.29. The third-order valence-corrected chi connectivity index (χ3v) is 3.26. The van der Waals surface area contributed by atoms with E-state index in [9.17, 15) is 9.59 Å². The summed E-state index contributed by atoms with van der Waals surface area (Å²) in [6.07, 6.45) is -0.112. The Hall–Kier alpha value is -1.88. The van der Waals surface area contributed by atoms with Gasteiger partial charge in [0.15, 0.2) is 0 Å². The number of hydrogen-bond acceptors (Lipinski definition) is 3. The molecule has 1 aliphatic heterocycles. The standard InChI is InChI=1S/C14H17NO4/c1-9-4-3-5-10(2)14(9)15-11(6-13(17)18)7-19-8-12(15)16/h3-5,11H,6-8H2,1-2H3,(H,17,18). The molecule has 0 aromatic heterocycles. The second-order valence-corrected chi connectivity index (χ2v) is 4.77. The second kappa shape index (κ2) is 5.40. The van der Waals surface area contributed by atoms with Crippen LogP contribution < -0.4 is 4.90 Å². The van der Waals surface area contributed by atoms with Crippen LogP contribution in [0.5, 0.6) is 0 Å². The van der Waals surface area contributed by atoms with Crippen LogP contribution in [0.1, 0.15) is 17.5 Å². The van der Waals surface area contributed by atoms with Gasteiger partial charge in [-0.05, 0) is 25.0 Å². The number of carboxylic acid groups (broad SMARTS) is 1. The van der Waals surface area contributed by atoms with Gasteiger partial charge in [-0.3, -0.25) is 9.59 Å². The lowest BCUT2D eigenvalue weighted by Crippen LogP contribution is -2.51. The molecule has 1 aromatic rings. The Balaban J connectivity index is 2.42. The molecule has 1 aromatic carbocycles. The topological polar surface area (TPSA) is 66.8 Å². The Morgan fingerprint density at radius 1 is 1.42 bits per heavy atom. The number of aryl methyl sites for hydroxylation is 2. The molecule has 0 spiro atoms. The Kier molecular flexibility index (Phi) is 3.85. The molecule has 1 saturated heterocycles. The zero-order chi connectivity index (χ0) is 14.0. The second-order valence-electron chi connectivity index (χ2n) is 4.77. The summed E-state index contributed by atoms with van der Waals surface area (Å²) in [6, 6.07) is 5.32. The van der Waals surface area contributed by atoms with E-state index in [0.29, 0.717) is 0 Å². The number of rotatable bonds is 3. The molecule has 0 bridgehead atoms. The fraction of sp³-hybridized carbons (Fsp3) is 0.429. The number of aliphatic carboxylic acids is 1. The molecule has 0 aliphatic carbocycles. The lowest BCUT2D eigenvalue weighted by atomic mass is 10.0. The van der Waals surface area contributed by atoms with Gasteiger partial charge in [0.05, 0.1) is 19.1 Å². The van der Waals surface area contributed by atoms with Gasteiger partial charge in [-0.25, -0.2) is 0 Å². The molecule has 1 amide bonds.